The Morgan fingerprint density at radius 3 is 2.48 bits per heavy atom. The number of hydrogen-bond donors (Lipinski definition) is 2. The van der Waals surface area contributed by atoms with Crippen LogP contribution >= 0.6 is 0 Å². The minimum atomic E-state index is -1.06. The van der Waals surface area contributed by atoms with Crippen molar-refractivity contribution >= 4 is 12.1 Å². The summed E-state index contributed by atoms with van der Waals surface area (Å²) in [5.41, 5.74) is 2.93. The van der Waals surface area contributed by atoms with Crippen molar-refractivity contribution in [1.29, 1.82) is 0 Å². The van der Waals surface area contributed by atoms with E-state index in [1.165, 1.54) is 24.0 Å². The van der Waals surface area contributed by atoms with Crippen molar-refractivity contribution in [2.45, 2.75) is 64.5 Å². The second-order valence-electron chi connectivity index (χ2n) is 7.05. The van der Waals surface area contributed by atoms with Gasteiger partial charge in [0.05, 0.1) is 0 Å². The van der Waals surface area contributed by atoms with Gasteiger partial charge in [0.15, 0.2) is 0 Å². The number of carbonyl (C=O) groups excluding carboxylic acids is 1. The fourth-order valence-corrected chi connectivity index (χ4v) is 2.80. The van der Waals surface area contributed by atoms with Crippen LogP contribution in [0.1, 0.15) is 50.3 Å². The van der Waals surface area contributed by atoms with Crippen molar-refractivity contribution < 1.29 is 19.4 Å². The summed E-state index contributed by atoms with van der Waals surface area (Å²) in [6.07, 6.45) is 4.07. The molecule has 1 aliphatic carbocycles. The van der Waals surface area contributed by atoms with Gasteiger partial charge in [0.2, 0.25) is 0 Å². The molecule has 1 unspecified atom stereocenters. The Morgan fingerprint density at radius 1 is 1.22 bits per heavy atom. The lowest BCUT2D eigenvalue weighted by molar-refractivity contribution is -0.139. The molecule has 1 aliphatic rings. The number of hydrogen-bond acceptors (Lipinski definition) is 3. The number of ether oxygens (including phenoxy) is 1. The summed E-state index contributed by atoms with van der Waals surface area (Å²) >= 11 is 0. The number of nitrogens with one attached hydrogen (secondary N) is 1. The van der Waals surface area contributed by atoms with E-state index in [-0.39, 0.29) is 6.42 Å². The van der Waals surface area contributed by atoms with Crippen molar-refractivity contribution in [3.63, 3.8) is 0 Å². The molecule has 0 radical (unpaired) electrons. The zero-order chi connectivity index (χ0) is 17.0. The number of fused-ring (bicyclic) bond motifs is 1. The molecular formula is C18H25NO4. The Morgan fingerprint density at radius 2 is 1.87 bits per heavy atom. The fraction of sp³-hybridized carbons (Fsp3) is 0.556. The van der Waals surface area contributed by atoms with Crippen LogP contribution < -0.4 is 5.32 Å². The van der Waals surface area contributed by atoms with Gasteiger partial charge >= 0.3 is 12.1 Å². The van der Waals surface area contributed by atoms with Gasteiger partial charge in [-0.3, -0.25) is 0 Å². The van der Waals surface area contributed by atoms with Gasteiger partial charge in [0.1, 0.15) is 11.6 Å². The number of amides is 1. The van der Waals surface area contributed by atoms with E-state index < -0.39 is 23.7 Å². The first-order chi connectivity index (χ1) is 10.7. The molecule has 0 heterocycles. The summed E-state index contributed by atoms with van der Waals surface area (Å²) in [5.74, 6) is -1.06. The molecule has 1 aromatic carbocycles. The van der Waals surface area contributed by atoms with Gasteiger partial charge < -0.3 is 15.2 Å². The largest absolute Gasteiger partial charge is 0.480 e. The lowest BCUT2D eigenvalue weighted by atomic mass is 9.89. The Hall–Kier alpha value is -2.04. The van der Waals surface area contributed by atoms with Crippen molar-refractivity contribution in [3.05, 3.63) is 34.9 Å². The zero-order valence-electron chi connectivity index (χ0n) is 14.0. The Kier molecular flexibility index (Phi) is 5.29. The Bertz CT molecular complexity index is 589. The molecule has 0 bridgehead atoms. The summed E-state index contributed by atoms with van der Waals surface area (Å²) in [6.45, 7) is 5.23. The number of carbonyl (C=O) groups is 2. The van der Waals surface area contributed by atoms with Crippen LogP contribution in [0.4, 0.5) is 4.79 Å². The molecule has 0 saturated heterocycles. The smallest absolute Gasteiger partial charge is 0.408 e. The molecule has 126 valence electrons. The van der Waals surface area contributed by atoms with Crippen molar-refractivity contribution in [2.24, 2.45) is 0 Å². The van der Waals surface area contributed by atoms with Gasteiger partial charge in [-0.2, -0.15) is 0 Å². The molecule has 1 amide bonds. The van der Waals surface area contributed by atoms with Crippen molar-refractivity contribution in [1.82, 2.24) is 5.32 Å². The number of benzene rings is 1. The van der Waals surface area contributed by atoms with Crippen LogP contribution in [0.25, 0.3) is 0 Å². The predicted octanol–water partition coefficient (Wildman–Crippen LogP) is 3.09. The number of carboxylic acid groups (broad SMARTS) is 1. The third-order valence-corrected chi connectivity index (χ3v) is 3.84. The molecule has 1 aromatic rings. The third kappa shape index (κ3) is 5.27. The van der Waals surface area contributed by atoms with Gasteiger partial charge in [0.25, 0.3) is 0 Å². The maximum atomic E-state index is 11.8. The molecule has 2 N–H and O–H groups in total. The lowest BCUT2D eigenvalue weighted by Crippen LogP contribution is -2.44. The molecule has 0 fully saturated rings. The van der Waals surface area contributed by atoms with E-state index in [2.05, 4.69) is 17.4 Å². The van der Waals surface area contributed by atoms with Gasteiger partial charge in [0, 0.05) is 6.42 Å². The predicted molar refractivity (Wildman–Crippen MR) is 87.6 cm³/mol. The average Bonchev–Trinajstić information content (AvgIpc) is 2.44. The fourth-order valence-electron chi connectivity index (χ4n) is 2.80. The summed E-state index contributed by atoms with van der Waals surface area (Å²) in [6, 6.07) is 5.11. The van der Waals surface area contributed by atoms with Crippen LogP contribution in [0.2, 0.25) is 0 Å². The molecule has 0 spiro atoms. The first kappa shape index (κ1) is 17.3. The molecular weight excluding hydrogens is 294 g/mol. The standard InChI is InChI=1S/C18H25NO4/c1-18(2,3)23-17(22)19-15(16(20)21)11-12-8-9-13-6-4-5-7-14(13)10-12/h8-10,15H,4-7,11H2,1-3H3,(H,19,22)(H,20,21). The molecule has 0 aromatic heterocycles. The molecule has 5 nitrogen and oxygen atoms in total. The first-order valence-electron chi connectivity index (χ1n) is 8.07. The zero-order valence-corrected chi connectivity index (χ0v) is 14.0. The van der Waals surface area contributed by atoms with Crippen LogP contribution in [0.15, 0.2) is 18.2 Å². The summed E-state index contributed by atoms with van der Waals surface area (Å²) in [7, 11) is 0. The number of rotatable bonds is 4. The molecule has 2 rings (SSSR count). The van der Waals surface area contributed by atoms with Gasteiger partial charge in [-0.25, -0.2) is 9.59 Å². The van der Waals surface area contributed by atoms with Crippen LogP contribution in [-0.2, 0) is 28.8 Å². The van der Waals surface area contributed by atoms with E-state index in [9.17, 15) is 14.7 Å². The Labute approximate surface area is 137 Å². The van der Waals surface area contributed by atoms with Gasteiger partial charge in [-0.1, -0.05) is 18.2 Å². The highest BCUT2D eigenvalue weighted by molar-refractivity contribution is 5.80. The third-order valence-electron chi connectivity index (χ3n) is 3.84. The quantitative estimate of drug-likeness (QED) is 0.894. The van der Waals surface area contributed by atoms with Gasteiger partial charge in [-0.05, 0) is 63.1 Å². The second-order valence-corrected chi connectivity index (χ2v) is 7.05. The monoisotopic (exact) mass is 319 g/mol. The Balaban J connectivity index is 2.04. The van der Waals surface area contributed by atoms with Crippen LogP contribution in [0, 0.1) is 0 Å². The first-order valence-corrected chi connectivity index (χ1v) is 8.07. The highest BCUT2D eigenvalue weighted by Crippen LogP contribution is 2.22. The van der Waals surface area contributed by atoms with E-state index in [1.54, 1.807) is 20.8 Å². The molecule has 0 aliphatic heterocycles. The molecule has 23 heavy (non-hydrogen) atoms. The van der Waals surface area contributed by atoms with Gasteiger partial charge in [-0.15, -0.1) is 0 Å². The van der Waals surface area contributed by atoms with E-state index >= 15 is 0 Å². The SMILES string of the molecule is CC(C)(C)OC(=O)NC(Cc1ccc2c(c1)CCCC2)C(=O)O. The highest BCUT2D eigenvalue weighted by atomic mass is 16.6. The minimum absolute atomic E-state index is 0.252. The average molecular weight is 319 g/mol. The molecule has 0 saturated carbocycles. The number of carboxylic acids is 1. The number of alkyl carbamates (subject to hydrolysis) is 1. The second kappa shape index (κ2) is 7.02. The topological polar surface area (TPSA) is 75.6 Å². The normalized spacial score (nSPS) is 15.4. The van der Waals surface area contributed by atoms with E-state index in [0.717, 1.165) is 18.4 Å². The van der Waals surface area contributed by atoms with E-state index in [4.69, 9.17) is 4.74 Å². The maximum Gasteiger partial charge on any atom is 0.408 e. The summed E-state index contributed by atoms with van der Waals surface area (Å²) in [4.78, 5) is 23.2. The summed E-state index contributed by atoms with van der Waals surface area (Å²) in [5, 5.41) is 11.8. The summed E-state index contributed by atoms with van der Waals surface area (Å²) < 4.78 is 5.13. The lowest BCUT2D eigenvalue weighted by Gasteiger charge is -2.22. The van der Waals surface area contributed by atoms with Crippen LogP contribution in [-0.4, -0.2) is 28.8 Å². The molecule has 1 atom stereocenters. The maximum absolute atomic E-state index is 11.8. The van der Waals surface area contributed by atoms with E-state index in [1.807, 2.05) is 6.07 Å². The van der Waals surface area contributed by atoms with Crippen molar-refractivity contribution in [2.75, 3.05) is 0 Å². The number of aryl methyl sites for hydroxylation is 2. The van der Waals surface area contributed by atoms with Crippen LogP contribution in [0.3, 0.4) is 0 Å². The van der Waals surface area contributed by atoms with E-state index in [0.29, 0.717) is 0 Å². The van der Waals surface area contributed by atoms with Crippen LogP contribution in [0.5, 0.6) is 0 Å². The minimum Gasteiger partial charge on any atom is -0.480 e. The molecule has 5 heteroatoms. The number of aliphatic carboxylic acids is 1. The highest BCUT2D eigenvalue weighted by Gasteiger charge is 2.24. The van der Waals surface area contributed by atoms with Crippen molar-refractivity contribution in [3.8, 4) is 0 Å².